The van der Waals surface area contributed by atoms with E-state index in [-0.39, 0.29) is 11.3 Å². The average Bonchev–Trinajstić information content (AvgIpc) is 1.95. The maximum Gasteiger partial charge on any atom is 0.191 e. The first kappa shape index (κ1) is 14.2. The van der Waals surface area contributed by atoms with E-state index >= 15 is 0 Å². The predicted octanol–water partition coefficient (Wildman–Crippen LogP) is 0.0760. The molecule has 0 unspecified atom stereocenters. The van der Waals surface area contributed by atoms with Crippen molar-refractivity contribution in [2.75, 3.05) is 25.6 Å². The molecule has 2 N–H and O–H groups in total. The van der Waals surface area contributed by atoms with Crippen LogP contribution < -0.4 is 5.73 Å². The van der Waals surface area contributed by atoms with Gasteiger partial charge in [-0.05, 0) is 20.8 Å². The van der Waals surface area contributed by atoms with Gasteiger partial charge in [-0.3, -0.25) is 0 Å². The first-order valence-corrected chi connectivity index (χ1v) is 6.81. The molecule has 0 aliphatic carbocycles. The Morgan fingerprint density at radius 3 is 2.20 bits per heavy atom. The summed E-state index contributed by atoms with van der Waals surface area (Å²) in [6, 6.07) is 0. The van der Waals surface area contributed by atoms with Crippen LogP contribution in [0, 0.1) is 0 Å². The molecule has 0 amide bonds. The molecule has 90 valence electrons. The van der Waals surface area contributed by atoms with Crippen LogP contribution in [0.4, 0.5) is 0 Å². The van der Waals surface area contributed by atoms with E-state index in [1.54, 1.807) is 11.9 Å². The van der Waals surface area contributed by atoms with Gasteiger partial charge >= 0.3 is 0 Å². The first-order chi connectivity index (χ1) is 6.51. The largest absolute Gasteiger partial charge is 0.370 e. The van der Waals surface area contributed by atoms with E-state index < -0.39 is 9.84 Å². The minimum atomic E-state index is -2.95. The Hall–Kier alpha value is -0.780. The van der Waals surface area contributed by atoms with E-state index in [9.17, 15) is 8.42 Å². The van der Waals surface area contributed by atoms with Gasteiger partial charge in [0.15, 0.2) is 5.96 Å². The summed E-state index contributed by atoms with van der Waals surface area (Å²) in [5.74, 6) is 0.454. The Balaban J connectivity index is 4.35. The Bertz CT molecular complexity index is 328. The molecule has 0 aliphatic rings. The molecule has 0 rings (SSSR count). The first-order valence-electron chi connectivity index (χ1n) is 4.75. The minimum absolute atomic E-state index is 0.0872. The van der Waals surface area contributed by atoms with Gasteiger partial charge < -0.3 is 10.6 Å². The summed E-state index contributed by atoms with van der Waals surface area (Å²) in [4.78, 5) is 5.88. The van der Waals surface area contributed by atoms with Crippen LogP contribution in [0.3, 0.4) is 0 Å². The molecule has 0 saturated heterocycles. The lowest BCUT2D eigenvalue weighted by Crippen LogP contribution is -2.38. The van der Waals surface area contributed by atoms with Crippen molar-refractivity contribution in [3.63, 3.8) is 0 Å². The van der Waals surface area contributed by atoms with Gasteiger partial charge in [0, 0.05) is 19.8 Å². The molecule has 0 saturated carbocycles. The molecule has 0 aromatic rings. The van der Waals surface area contributed by atoms with Crippen LogP contribution in [0.2, 0.25) is 0 Å². The monoisotopic (exact) mass is 235 g/mol. The molecule has 0 heterocycles. The number of hydrogen-bond acceptors (Lipinski definition) is 3. The van der Waals surface area contributed by atoms with Crippen LogP contribution in [0.5, 0.6) is 0 Å². The van der Waals surface area contributed by atoms with Gasteiger partial charge in [-0.2, -0.15) is 0 Å². The Labute approximate surface area is 92.3 Å². The molecule has 0 bridgehead atoms. The Morgan fingerprint density at radius 1 is 1.40 bits per heavy atom. The quantitative estimate of drug-likeness (QED) is 0.555. The van der Waals surface area contributed by atoms with Crippen LogP contribution in [0.1, 0.15) is 20.8 Å². The summed E-state index contributed by atoms with van der Waals surface area (Å²) in [6.07, 6.45) is 1.21. The molecule has 0 spiro atoms. The maximum atomic E-state index is 10.9. The molecule has 6 heteroatoms. The van der Waals surface area contributed by atoms with Gasteiger partial charge in [0.2, 0.25) is 0 Å². The molecule has 0 aliphatic heterocycles. The summed E-state index contributed by atoms with van der Waals surface area (Å²) in [5.41, 5.74) is 5.47. The number of rotatable bonds is 3. The van der Waals surface area contributed by atoms with Crippen LogP contribution >= 0.6 is 0 Å². The minimum Gasteiger partial charge on any atom is -0.370 e. The van der Waals surface area contributed by atoms with Crippen molar-refractivity contribution in [2.45, 2.75) is 26.3 Å². The molecule has 0 fully saturated rings. The van der Waals surface area contributed by atoms with Crippen molar-refractivity contribution in [3.05, 3.63) is 0 Å². The van der Waals surface area contributed by atoms with E-state index in [2.05, 4.69) is 4.99 Å². The van der Waals surface area contributed by atoms with E-state index in [1.165, 1.54) is 6.26 Å². The Morgan fingerprint density at radius 2 is 1.87 bits per heavy atom. The van der Waals surface area contributed by atoms with E-state index in [0.717, 1.165) is 0 Å². The van der Waals surface area contributed by atoms with E-state index in [1.807, 2.05) is 20.8 Å². The molecular formula is C9H21N3O2S. The molecule has 0 atom stereocenters. The lowest BCUT2D eigenvalue weighted by atomic mass is 10.1. The second-order valence-electron chi connectivity index (χ2n) is 4.69. The van der Waals surface area contributed by atoms with Gasteiger partial charge in [0.1, 0.15) is 9.84 Å². The number of nitrogens with two attached hydrogens (primary N) is 1. The van der Waals surface area contributed by atoms with Crippen LogP contribution in [0.25, 0.3) is 0 Å². The zero-order chi connectivity index (χ0) is 12.3. The highest BCUT2D eigenvalue weighted by Crippen LogP contribution is 2.06. The fourth-order valence-electron chi connectivity index (χ4n) is 0.846. The van der Waals surface area contributed by atoms with Gasteiger partial charge in [0.05, 0.1) is 11.3 Å². The standard InChI is InChI=1S/C9H21N3O2S/c1-9(2,3)11-8(10)12(4)6-7-15(5,13)14/h6-7H2,1-5H3,(H2,10,11). The fraction of sp³-hybridized carbons (Fsp3) is 0.889. The highest BCUT2D eigenvalue weighted by molar-refractivity contribution is 7.90. The third-order valence-electron chi connectivity index (χ3n) is 1.64. The third-order valence-corrected chi connectivity index (χ3v) is 2.56. The number of sulfone groups is 1. The molecule has 5 nitrogen and oxygen atoms in total. The number of aliphatic imine (C=N–C) groups is 1. The van der Waals surface area contributed by atoms with Crippen LogP contribution in [0.15, 0.2) is 4.99 Å². The normalized spacial score (nSPS) is 14.1. The molecule has 0 aromatic heterocycles. The van der Waals surface area contributed by atoms with Crippen molar-refractivity contribution in [3.8, 4) is 0 Å². The number of hydrogen-bond donors (Lipinski definition) is 1. The maximum absolute atomic E-state index is 10.9. The van der Waals surface area contributed by atoms with Crippen molar-refractivity contribution in [1.29, 1.82) is 0 Å². The summed E-state index contributed by atoms with van der Waals surface area (Å²) < 4.78 is 21.9. The fourth-order valence-corrected chi connectivity index (χ4v) is 1.45. The Kier molecular flexibility index (Phi) is 4.58. The predicted molar refractivity (Wildman–Crippen MR) is 63.7 cm³/mol. The summed E-state index contributed by atoms with van der Waals surface area (Å²) in [7, 11) is -1.22. The summed E-state index contributed by atoms with van der Waals surface area (Å²) in [5, 5.41) is 0. The third kappa shape index (κ3) is 8.23. The van der Waals surface area contributed by atoms with E-state index in [4.69, 9.17) is 5.73 Å². The van der Waals surface area contributed by atoms with Crippen molar-refractivity contribution in [1.82, 2.24) is 4.90 Å². The topological polar surface area (TPSA) is 75.8 Å². The van der Waals surface area contributed by atoms with Gasteiger partial charge in [-0.1, -0.05) is 0 Å². The van der Waals surface area contributed by atoms with Crippen molar-refractivity contribution in [2.24, 2.45) is 10.7 Å². The zero-order valence-corrected chi connectivity index (χ0v) is 10.9. The van der Waals surface area contributed by atoms with Crippen molar-refractivity contribution >= 4 is 15.8 Å². The van der Waals surface area contributed by atoms with Crippen molar-refractivity contribution < 1.29 is 8.42 Å². The van der Waals surface area contributed by atoms with Gasteiger partial charge in [-0.25, -0.2) is 13.4 Å². The van der Waals surface area contributed by atoms with Crippen LogP contribution in [-0.2, 0) is 9.84 Å². The second kappa shape index (κ2) is 4.83. The summed E-state index contributed by atoms with van der Waals surface area (Å²) in [6.45, 7) is 6.17. The van der Waals surface area contributed by atoms with Gasteiger partial charge in [0.25, 0.3) is 0 Å². The molecule has 0 radical (unpaired) electrons. The van der Waals surface area contributed by atoms with Gasteiger partial charge in [-0.15, -0.1) is 0 Å². The van der Waals surface area contributed by atoms with E-state index in [0.29, 0.717) is 12.5 Å². The highest BCUT2D eigenvalue weighted by Gasteiger charge is 2.12. The SMILES string of the molecule is CN(CCS(C)(=O)=O)C(N)=NC(C)(C)C. The molecule has 0 aromatic carbocycles. The summed E-state index contributed by atoms with van der Waals surface area (Å²) >= 11 is 0. The number of nitrogens with zero attached hydrogens (tertiary/aromatic N) is 2. The molecule has 15 heavy (non-hydrogen) atoms. The zero-order valence-electron chi connectivity index (χ0n) is 10.1. The average molecular weight is 235 g/mol. The second-order valence-corrected chi connectivity index (χ2v) is 6.95. The smallest absolute Gasteiger partial charge is 0.191 e. The number of guanidine groups is 1. The lowest BCUT2D eigenvalue weighted by Gasteiger charge is -2.21. The van der Waals surface area contributed by atoms with Crippen LogP contribution in [-0.4, -0.2) is 50.4 Å². The highest BCUT2D eigenvalue weighted by atomic mass is 32.2. The lowest BCUT2D eigenvalue weighted by molar-refractivity contribution is 0.497. The molecular weight excluding hydrogens is 214 g/mol.